The van der Waals surface area contributed by atoms with Crippen LogP contribution in [0.4, 0.5) is 0 Å². The summed E-state index contributed by atoms with van der Waals surface area (Å²) in [5, 5.41) is 3.49. The summed E-state index contributed by atoms with van der Waals surface area (Å²) in [6.07, 6.45) is 3.76. The van der Waals surface area contributed by atoms with Crippen LogP contribution < -0.4 is 10.9 Å². The summed E-state index contributed by atoms with van der Waals surface area (Å²) in [4.78, 5) is 29.1. The van der Waals surface area contributed by atoms with Gasteiger partial charge in [-0.05, 0) is 36.3 Å². The Morgan fingerprint density at radius 2 is 2.11 bits per heavy atom. The molecule has 140 valence electrons. The second-order valence-electron chi connectivity index (χ2n) is 5.82. The fourth-order valence-corrected chi connectivity index (χ4v) is 4.02. The number of carbonyl (C=O) groups excluding carboxylic acids is 1. The molecule has 27 heavy (non-hydrogen) atoms. The second kappa shape index (κ2) is 8.60. The number of aromatic nitrogens is 3. The lowest BCUT2D eigenvalue weighted by Crippen LogP contribution is -2.33. The monoisotopic (exact) mass is 420 g/mol. The first kappa shape index (κ1) is 19.5. The molecule has 0 saturated heterocycles. The van der Waals surface area contributed by atoms with Crippen molar-refractivity contribution in [3.63, 3.8) is 0 Å². The fraction of sp³-hybridized carbons (Fsp3) is 0.222. The number of thiazole rings is 1. The molecular weight excluding hydrogens is 404 g/mol. The highest BCUT2D eigenvalue weighted by Gasteiger charge is 2.13. The summed E-state index contributed by atoms with van der Waals surface area (Å²) < 4.78 is 4.04. The van der Waals surface area contributed by atoms with Gasteiger partial charge >= 0.3 is 0 Å². The number of hydrogen-bond acceptors (Lipinski definition) is 5. The predicted octanol–water partition coefficient (Wildman–Crippen LogP) is 3.19. The van der Waals surface area contributed by atoms with E-state index in [1.54, 1.807) is 10.6 Å². The van der Waals surface area contributed by atoms with E-state index in [0.717, 1.165) is 5.56 Å². The van der Waals surface area contributed by atoms with E-state index in [1.165, 1.54) is 22.2 Å². The van der Waals surface area contributed by atoms with E-state index in [9.17, 15) is 9.59 Å². The van der Waals surface area contributed by atoms with Crippen LogP contribution in [-0.2, 0) is 24.3 Å². The first-order valence-electron chi connectivity index (χ1n) is 8.20. The van der Waals surface area contributed by atoms with Gasteiger partial charge in [0.2, 0.25) is 5.91 Å². The number of hydrogen-bond donors (Lipinski definition) is 1. The lowest BCUT2D eigenvalue weighted by molar-refractivity contribution is -0.121. The number of rotatable bonds is 7. The molecule has 0 aliphatic rings. The van der Waals surface area contributed by atoms with Gasteiger partial charge in [-0.3, -0.25) is 14.2 Å². The van der Waals surface area contributed by atoms with Crippen molar-refractivity contribution < 1.29 is 4.79 Å². The van der Waals surface area contributed by atoms with E-state index in [2.05, 4.69) is 16.9 Å². The fourth-order valence-electron chi connectivity index (χ4n) is 2.58. The van der Waals surface area contributed by atoms with Crippen molar-refractivity contribution in [3.05, 3.63) is 68.1 Å². The van der Waals surface area contributed by atoms with Crippen molar-refractivity contribution in [1.82, 2.24) is 19.4 Å². The second-order valence-corrected chi connectivity index (χ2v) is 7.90. The molecule has 3 aromatic rings. The maximum Gasteiger partial charge on any atom is 0.273 e. The summed E-state index contributed by atoms with van der Waals surface area (Å²) >= 11 is 12.3. The molecule has 0 fully saturated rings. The number of fused-ring (bicyclic) bond motifs is 1. The van der Waals surface area contributed by atoms with Gasteiger partial charge < -0.3 is 9.88 Å². The van der Waals surface area contributed by atoms with Gasteiger partial charge in [0, 0.05) is 18.1 Å². The third-order valence-corrected chi connectivity index (χ3v) is 5.60. The first-order chi connectivity index (χ1) is 13.0. The molecule has 2 aromatic heterocycles. The van der Waals surface area contributed by atoms with Gasteiger partial charge in [-0.2, -0.15) is 0 Å². The topological polar surface area (TPSA) is 68.9 Å². The van der Waals surface area contributed by atoms with Crippen LogP contribution in [0.1, 0.15) is 5.56 Å². The predicted molar refractivity (Wildman–Crippen MR) is 111 cm³/mol. The van der Waals surface area contributed by atoms with Crippen LogP contribution in [0.15, 0.2) is 48.0 Å². The molecule has 1 amide bonds. The largest absolute Gasteiger partial charge is 0.354 e. The average molecular weight is 421 g/mol. The van der Waals surface area contributed by atoms with Gasteiger partial charge in [0.25, 0.3) is 5.56 Å². The zero-order valence-electron chi connectivity index (χ0n) is 14.4. The third kappa shape index (κ3) is 4.52. The zero-order chi connectivity index (χ0) is 19.4. The van der Waals surface area contributed by atoms with Crippen molar-refractivity contribution >= 4 is 51.4 Å². The van der Waals surface area contributed by atoms with Crippen LogP contribution in [0, 0.1) is 3.95 Å². The minimum atomic E-state index is -0.272. The minimum absolute atomic E-state index is 0.0888. The van der Waals surface area contributed by atoms with E-state index < -0.39 is 0 Å². The summed E-state index contributed by atoms with van der Waals surface area (Å²) in [7, 11) is 0. The van der Waals surface area contributed by atoms with E-state index in [4.69, 9.17) is 23.8 Å². The average Bonchev–Trinajstić information content (AvgIpc) is 2.96. The number of amides is 1. The number of allylic oxidation sites excluding steroid dienone is 1. The van der Waals surface area contributed by atoms with E-state index in [0.29, 0.717) is 38.8 Å². The van der Waals surface area contributed by atoms with Gasteiger partial charge in [-0.25, -0.2) is 4.98 Å². The van der Waals surface area contributed by atoms with Crippen LogP contribution in [0.2, 0.25) is 5.02 Å². The van der Waals surface area contributed by atoms with Gasteiger partial charge in [0.1, 0.15) is 17.6 Å². The summed E-state index contributed by atoms with van der Waals surface area (Å²) in [5.41, 5.74) is 1.32. The molecule has 0 aliphatic heterocycles. The van der Waals surface area contributed by atoms with Crippen molar-refractivity contribution in [2.24, 2.45) is 0 Å². The quantitative estimate of drug-likeness (QED) is 0.470. The zero-order valence-corrected chi connectivity index (χ0v) is 16.7. The molecule has 2 heterocycles. The van der Waals surface area contributed by atoms with Gasteiger partial charge in [0.15, 0.2) is 9.60 Å². The van der Waals surface area contributed by atoms with E-state index in [1.807, 2.05) is 24.3 Å². The van der Waals surface area contributed by atoms with Crippen molar-refractivity contribution in [1.29, 1.82) is 0 Å². The molecule has 0 saturated carbocycles. The molecule has 1 aromatic carbocycles. The number of carbonyl (C=O) groups is 1. The van der Waals surface area contributed by atoms with Crippen LogP contribution >= 0.6 is 35.2 Å². The Labute approximate surface area is 169 Å². The Hall–Kier alpha value is -2.29. The Kier molecular flexibility index (Phi) is 6.20. The lowest BCUT2D eigenvalue weighted by Gasteiger charge is -2.08. The van der Waals surface area contributed by atoms with Crippen LogP contribution in [0.3, 0.4) is 0 Å². The van der Waals surface area contributed by atoms with Crippen LogP contribution in [0.25, 0.3) is 10.3 Å². The Bertz CT molecular complexity index is 1100. The molecule has 0 unspecified atom stereocenters. The van der Waals surface area contributed by atoms with Crippen molar-refractivity contribution in [2.75, 3.05) is 6.54 Å². The number of benzene rings is 1. The number of nitrogens with one attached hydrogen (secondary N) is 1. The molecule has 6 nitrogen and oxygen atoms in total. The maximum atomic E-state index is 12.6. The van der Waals surface area contributed by atoms with Crippen LogP contribution in [-0.4, -0.2) is 26.6 Å². The third-order valence-electron chi connectivity index (χ3n) is 3.92. The Morgan fingerprint density at radius 3 is 2.81 bits per heavy atom. The van der Waals surface area contributed by atoms with E-state index >= 15 is 0 Å². The minimum Gasteiger partial charge on any atom is -0.354 e. The highest BCUT2D eigenvalue weighted by atomic mass is 35.5. The maximum absolute atomic E-state index is 12.6. The molecule has 0 bridgehead atoms. The van der Waals surface area contributed by atoms with Gasteiger partial charge in [0.05, 0.1) is 0 Å². The summed E-state index contributed by atoms with van der Waals surface area (Å²) in [5.74, 6) is -0.249. The standard InChI is InChI=1S/C18H17ClN4O2S2/c1-2-9-23-16-15(27-18(23)26)17(25)22(11-21-16)10-14(24)20-8-7-12-3-5-13(19)6-4-12/h2-6,11H,1,7-10H2,(H,20,24). The molecule has 0 radical (unpaired) electrons. The highest BCUT2D eigenvalue weighted by molar-refractivity contribution is 7.73. The molecule has 3 rings (SSSR count). The van der Waals surface area contributed by atoms with E-state index in [-0.39, 0.29) is 18.0 Å². The summed E-state index contributed by atoms with van der Waals surface area (Å²) in [6, 6.07) is 7.45. The molecule has 0 atom stereocenters. The summed E-state index contributed by atoms with van der Waals surface area (Å²) in [6.45, 7) is 4.55. The first-order valence-corrected chi connectivity index (χ1v) is 9.80. The smallest absolute Gasteiger partial charge is 0.273 e. The highest BCUT2D eigenvalue weighted by Crippen LogP contribution is 2.17. The van der Waals surface area contributed by atoms with Gasteiger partial charge in [-0.1, -0.05) is 41.1 Å². The number of nitrogens with zero attached hydrogens (tertiary/aromatic N) is 3. The molecule has 0 spiro atoms. The lowest BCUT2D eigenvalue weighted by atomic mass is 10.1. The molecule has 9 heteroatoms. The van der Waals surface area contributed by atoms with Crippen molar-refractivity contribution in [3.8, 4) is 0 Å². The van der Waals surface area contributed by atoms with Gasteiger partial charge in [-0.15, -0.1) is 6.58 Å². The van der Waals surface area contributed by atoms with Crippen molar-refractivity contribution in [2.45, 2.75) is 19.5 Å². The normalized spacial score (nSPS) is 10.9. The Balaban J connectivity index is 1.67. The SMILES string of the molecule is C=CCn1c(=S)sc2c(=O)n(CC(=O)NCCc3ccc(Cl)cc3)cnc21. The molecular formula is C18H17ClN4O2S2. The number of halogens is 1. The van der Waals surface area contributed by atoms with Crippen LogP contribution in [0.5, 0.6) is 0 Å². The molecule has 0 aliphatic carbocycles. The molecule has 1 N–H and O–H groups in total. The Morgan fingerprint density at radius 1 is 1.37 bits per heavy atom.